The van der Waals surface area contributed by atoms with E-state index in [1.54, 1.807) is 27.0 Å². The highest BCUT2D eigenvalue weighted by Crippen LogP contribution is 2.26. The predicted octanol–water partition coefficient (Wildman–Crippen LogP) is 4.09. The number of esters is 1. The summed E-state index contributed by atoms with van der Waals surface area (Å²) in [5.41, 5.74) is 1.45. The molecule has 1 aromatic heterocycles. The number of aromatic nitrogens is 1. The molecule has 0 unspecified atom stereocenters. The number of anilines is 1. The van der Waals surface area contributed by atoms with E-state index < -0.39 is 5.97 Å². The van der Waals surface area contributed by atoms with E-state index in [4.69, 9.17) is 9.47 Å². The molecule has 0 fully saturated rings. The zero-order valence-corrected chi connectivity index (χ0v) is 16.8. The minimum absolute atomic E-state index is 0.231. The SMILES string of the molecule is CCCOc1ccc(C=CC(=O)N(C)c2nc(C)c(C(=O)OCC)s2)cc1. The number of ether oxygens (including phenoxy) is 2. The van der Waals surface area contributed by atoms with E-state index in [1.807, 2.05) is 24.3 Å². The third-order valence-electron chi connectivity index (χ3n) is 3.63. The molecular formula is C20H24N2O4S. The maximum absolute atomic E-state index is 12.4. The topological polar surface area (TPSA) is 68.7 Å². The normalized spacial score (nSPS) is 10.8. The van der Waals surface area contributed by atoms with E-state index in [0.29, 0.717) is 28.9 Å². The number of hydrogen-bond acceptors (Lipinski definition) is 6. The van der Waals surface area contributed by atoms with Crippen molar-refractivity contribution in [2.45, 2.75) is 27.2 Å². The Labute approximate surface area is 163 Å². The number of nitrogens with zero attached hydrogens (tertiary/aromatic N) is 2. The highest BCUT2D eigenvalue weighted by Gasteiger charge is 2.20. The van der Waals surface area contributed by atoms with E-state index in [1.165, 1.54) is 11.0 Å². The summed E-state index contributed by atoms with van der Waals surface area (Å²) in [6.45, 7) is 6.50. The largest absolute Gasteiger partial charge is 0.494 e. The quantitative estimate of drug-likeness (QED) is 0.503. The van der Waals surface area contributed by atoms with Crippen LogP contribution in [0.1, 0.15) is 41.2 Å². The first kappa shape index (κ1) is 20.6. The Morgan fingerprint density at radius 2 is 1.93 bits per heavy atom. The Morgan fingerprint density at radius 3 is 2.56 bits per heavy atom. The lowest BCUT2D eigenvalue weighted by atomic mass is 10.2. The van der Waals surface area contributed by atoms with Crippen molar-refractivity contribution in [1.29, 1.82) is 0 Å². The molecule has 6 nitrogen and oxygen atoms in total. The van der Waals surface area contributed by atoms with Crippen molar-refractivity contribution in [2.75, 3.05) is 25.2 Å². The number of benzene rings is 1. The van der Waals surface area contributed by atoms with Crippen LogP contribution in [0, 0.1) is 6.92 Å². The Kier molecular flexibility index (Phi) is 7.55. The van der Waals surface area contributed by atoms with Gasteiger partial charge >= 0.3 is 5.97 Å². The molecule has 27 heavy (non-hydrogen) atoms. The van der Waals surface area contributed by atoms with Crippen LogP contribution >= 0.6 is 11.3 Å². The van der Waals surface area contributed by atoms with Gasteiger partial charge in [0.1, 0.15) is 10.6 Å². The molecule has 0 saturated heterocycles. The van der Waals surface area contributed by atoms with Crippen molar-refractivity contribution in [3.63, 3.8) is 0 Å². The highest BCUT2D eigenvalue weighted by atomic mass is 32.1. The van der Waals surface area contributed by atoms with Crippen molar-refractivity contribution in [3.8, 4) is 5.75 Å². The second-order valence-electron chi connectivity index (χ2n) is 5.78. The van der Waals surface area contributed by atoms with Gasteiger partial charge in [-0.25, -0.2) is 9.78 Å². The van der Waals surface area contributed by atoms with Gasteiger partial charge in [0.15, 0.2) is 5.13 Å². The Morgan fingerprint density at radius 1 is 1.22 bits per heavy atom. The van der Waals surface area contributed by atoms with Crippen molar-refractivity contribution in [2.24, 2.45) is 0 Å². The number of carbonyl (C=O) groups excluding carboxylic acids is 2. The average molecular weight is 388 g/mol. The molecule has 2 rings (SSSR count). The molecule has 7 heteroatoms. The lowest BCUT2D eigenvalue weighted by Crippen LogP contribution is -2.23. The van der Waals surface area contributed by atoms with E-state index >= 15 is 0 Å². The fourth-order valence-corrected chi connectivity index (χ4v) is 3.11. The lowest BCUT2D eigenvalue weighted by Gasteiger charge is -2.10. The summed E-state index contributed by atoms with van der Waals surface area (Å²) in [4.78, 5) is 30.4. The number of rotatable bonds is 8. The van der Waals surface area contributed by atoms with Gasteiger partial charge in [-0.3, -0.25) is 9.69 Å². The number of likely N-dealkylation sites (N-methyl/N-ethyl adjacent to an activating group) is 1. The molecular weight excluding hydrogens is 364 g/mol. The molecule has 1 amide bonds. The molecule has 0 aliphatic heterocycles. The standard InChI is InChI=1S/C20H24N2O4S/c1-5-13-26-16-10-7-15(8-11-16)9-12-17(23)22(4)20-21-14(3)18(27-20)19(24)25-6-2/h7-12H,5-6,13H2,1-4H3. The number of amides is 1. The maximum atomic E-state index is 12.4. The predicted molar refractivity (Wildman–Crippen MR) is 107 cm³/mol. The van der Waals surface area contributed by atoms with Crippen molar-refractivity contribution >= 4 is 34.4 Å². The van der Waals surface area contributed by atoms with Gasteiger partial charge in [-0.05, 0) is 44.0 Å². The second-order valence-corrected chi connectivity index (χ2v) is 6.76. The smallest absolute Gasteiger partial charge is 0.350 e. The first-order valence-electron chi connectivity index (χ1n) is 8.79. The first-order valence-corrected chi connectivity index (χ1v) is 9.61. The molecule has 0 spiro atoms. The van der Waals surface area contributed by atoms with Crippen LogP contribution in [-0.2, 0) is 9.53 Å². The van der Waals surface area contributed by atoms with Crippen LogP contribution in [0.5, 0.6) is 5.75 Å². The van der Waals surface area contributed by atoms with Crippen LogP contribution in [0.25, 0.3) is 6.08 Å². The van der Waals surface area contributed by atoms with Crippen LogP contribution in [0.3, 0.4) is 0 Å². The van der Waals surface area contributed by atoms with E-state index in [2.05, 4.69) is 11.9 Å². The molecule has 2 aromatic rings. The zero-order chi connectivity index (χ0) is 19.8. The molecule has 0 N–H and O–H groups in total. The van der Waals surface area contributed by atoms with Crippen LogP contribution in [-0.4, -0.2) is 37.1 Å². The minimum Gasteiger partial charge on any atom is -0.494 e. The molecule has 144 valence electrons. The van der Waals surface area contributed by atoms with Crippen molar-refractivity contribution < 1.29 is 19.1 Å². The molecule has 0 aliphatic rings. The van der Waals surface area contributed by atoms with E-state index in [9.17, 15) is 9.59 Å². The van der Waals surface area contributed by atoms with Crippen molar-refractivity contribution in [1.82, 2.24) is 4.98 Å². The number of thiazole rings is 1. The molecule has 0 aliphatic carbocycles. The Hall–Kier alpha value is -2.67. The number of carbonyl (C=O) groups is 2. The van der Waals surface area contributed by atoms with E-state index in [0.717, 1.165) is 29.1 Å². The molecule has 0 saturated carbocycles. The summed E-state index contributed by atoms with van der Waals surface area (Å²) in [5, 5.41) is 0.452. The zero-order valence-electron chi connectivity index (χ0n) is 16.0. The highest BCUT2D eigenvalue weighted by molar-refractivity contribution is 7.17. The first-order chi connectivity index (χ1) is 13.0. The van der Waals surface area contributed by atoms with Crippen LogP contribution in [0.4, 0.5) is 5.13 Å². The van der Waals surface area contributed by atoms with Crippen LogP contribution in [0.15, 0.2) is 30.3 Å². The average Bonchev–Trinajstić information content (AvgIpc) is 3.06. The summed E-state index contributed by atoms with van der Waals surface area (Å²) in [6, 6.07) is 7.53. The van der Waals surface area contributed by atoms with Gasteiger partial charge < -0.3 is 9.47 Å². The summed E-state index contributed by atoms with van der Waals surface area (Å²) >= 11 is 1.14. The van der Waals surface area contributed by atoms with Gasteiger partial charge in [-0.2, -0.15) is 0 Å². The van der Waals surface area contributed by atoms with Crippen molar-refractivity contribution in [3.05, 3.63) is 46.5 Å². The fraction of sp³-hybridized carbons (Fsp3) is 0.350. The van der Waals surface area contributed by atoms with Gasteiger partial charge in [0.05, 0.1) is 18.9 Å². The summed E-state index contributed by atoms with van der Waals surface area (Å²) in [5.74, 6) is 0.160. The maximum Gasteiger partial charge on any atom is 0.350 e. The van der Waals surface area contributed by atoms with Gasteiger partial charge in [0.2, 0.25) is 0 Å². The van der Waals surface area contributed by atoms with Gasteiger partial charge in [0.25, 0.3) is 5.91 Å². The third kappa shape index (κ3) is 5.65. The second kappa shape index (κ2) is 9.87. The molecule has 0 atom stereocenters. The molecule has 1 heterocycles. The van der Waals surface area contributed by atoms with E-state index in [-0.39, 0.29) is 5.91 Å². The molecule has 1 aromatic carbocycles. The van der Waals surface area contributed by atoms with Crippen LogP contribution < -0.4 is 9.64 Å². The molecule has 0 radical (unpaired) electrons. The van der Waals surface area contributed by atoms with Gasteiger partial charge in [-0.1, -0.05) is 30.4 Å². The summed E-state index contributed by atoms with van der Waals surface area (Å²) in [7, 11) is 1.63. The monoisotopic (exact) mass is 388 g/mol. The van der Waals surface area contributed by atoms with Crippen LogP contribution in [0.2, 0.25) is 0 Å². The number of aryl methyl sites for hydroxylation is 1. The van der Waals surface area contributed by atoms with Gasteiger partial charge in [0, 0.05) is 13.1 Å². The Balaban J connectivity index is 2.03. The third-order valence-corrected chi connectivity index (χ3v) is 4.85. The lowest BCUT2D eigenvalue weighted by molar-refractivity contribution is -0.113. The minimum atomic E-state index is -0.416. The Bertz CT molecular complexity index is 812. The van der Waals surface area contributed by atoms with Gasteiger partial charge in [-0.15, -0.1) is 0 Å². The molecule has 0 bridgehead atoms. The summed E-state index contributed by atoms with van der Waals surface area (Å²) in [6.07, 6.45) is 4.16. The summed E-state index contributed by atoms with van der Waals surface area (Å²) < 4.78 is 10.5. The number of hydrogen-bond donors (Lipinski definition) is 0. The fourth-order valence-electron chi connectivity index (χ4n) is 2.18.